The van der Waals surface area contributed by atoms with Crippen LogP contribution in [0.1, 0.15) is 30.2 Å². The van der Waals surface area contributed by atoms with E-state index in [0.29, 0.717) is 0 Å². The van der Waals surface area contributed by atoms with Crippen molar-refractivity contribution in [2.75, 3.05) is 17.7 Å². The lowest BCUT2D eigenvalue weighted by molar-refractivity contribution is 0.736. The normalized spacial score (nSPS) is 12.2. The van der Waals surface area contributed by atoms with Crippen LogP contribution in [0.2, 0.25) is 0 Å². The first-order valence-electron chi connectivity index (χ1n) is 5.92. The highest BCUT2D eigenvalue weighted by Gasteiger charge is 2.13. The number of anilines is 2. The minimum absolute atomic E-state index is 0.198. The number of hydrogen-bond donors (Lipinski definition) is 2. The molecule has 5 nitrogen and oxygen atoms in total. The van der Waals surface area contributed by atoms with Gasteiger partial charge in [-0.25, -0.2) is 15.0 Å². The number of aryl methyl sites for hydroxylation is 1. The van der Waals surface area contributed by atoms with E-state index in [9.17, 15) is 0 Å². The molecule has 0 fully saturated rings. The number of aromatic nitrogens is 3. The van der Waals surface area contributed by atoms with Gasteiger partial charge < -0.3 is 10.6 Å². The molecule has 2 aromatic heterocycles. The quantitative estimate of drug-likeness (QED) is 0.868. The summed E-state index contributed by atoms with van der Waals surface area (Å²) in [6.45, 7) is 4.02. The Morgan fingerprint density at radius 3 is 2.72 bits per heavy atom. The maximum atomic E-state index is 4.39. The van der Waals surface area contributed by atoms with E-state index < -0.39 is 0 Å². The van der Waals surface area contributed by atoms with Gasteiger partial charge >= 0.3 is 0 Å². The number of thiazole rings is 1. The first-order valence-corrected chi connectivity index (χ1v) is 6.80. The van der Waals surface area contributed by atoms with Crippen LogP contribution in [0.25, 0.3) is 0 Å². The molecule has 96 valence electrons. The molecule has 0 saturated heterocycles. The molecule has 0 aliphatic heterocycles. The highest BCUT2D eigenvalue weighted by atomic mass is 32.1. The molecule has 1 atom stereocenters. The maximum Gasteiger partial charge on any atom is 0.132 e. The minimum atomic E-state index is 0.198. The van der Waals surface area contributed by atoms with Crippen LogP contribution in [-0.2, 0) is 0 Å². The third kappa shape index (κ3) is 2.95. The van der Waals surface area contributed by atoms with E-state index in [-0.39, 0.29) is 6.04 Å². The summed E-state index contributed by atoms with van der Waals surface area (Å²) in [5, 5.41) is 9.51. The van der Waals surface area contributed by atoms with Crippen molar-refractivity contribution in [1.29, 1.82) is 0 Å². The summed E-state index contributed by atoms with van der Waals surface area (Å²) in [5.74, 6) is 2.39. The zero-order valence-electron chi connectivity index (χ0n) is 10.8. The lowest BCUT2D eigenvalue weighted by atomic mass is 10.2. The second kappa shape index (κ2) is 5.77. The summed E-state index contributed by atoms with van der Waals surface area (Å²) in [6.07, 6.45) is 2.79. The Balaban J connectivity index is 2.19. The maximum absolute atomic E-state index is 4.39. The van der Waals surface area contributed by atoms with Crippen LogP contribution in [0.4, 0.5) is 11.6 Å². The summed E-state index contributed by atoms with van der Waals surface area (Å²) in [4.78, 5) is 13.0. The fourth-order valence-electron chi connectivity index (χ4n) is 1.69. The average Bonchev–Trinajstić information content (AvgIpc) is 2.89. The minimum Gasteiger partial charge on any atom is -0.373 e. The number of rotatable bonds is 5. The van der Waals surface area contributed by atoms with Crippen molar-refractivity contribution in [2.24, 2.45) is 0 Å². The molecule has 0 aliphatic carbocycles. The molecule has 0 spiro atoms. The van der Waals surface area contributed by atoms with Gasteiger partial charge in [0.1, 0.15) is 22.5 Å². The summed E-state index contributed by atoms with van der Waals surface area (Å²) >= 11 is 1.66. The Bertz CT molecular complexity index is 497. The predicted octanol–water partition coefficient (Wildman–Crippen LogP) is 2.85. The van der Waals surface area contributed by atoms with E-state index >= 15 is 0 Å². The van der Waals surface area contributed by atoms with Gasteiger partial charge in [0.2, 0.25) is 0 Å². The summed E-state index contributed by atoms with van der Waals surface area (Å²) in [7, 11) is 1.85. The van der Waals surface area contributed by atoms with E-state index in [0.717, 1.165) is 28.9 Å². The van der Waals surface area contributed by atoms with E-state index in [4.69, 9.17) is 0 Å². The van der Waals surface area contributed by atoms with Crippen molar-refractivity contribution in [3.05, 3.63) is 28.5 Å². The molecule has 2 aromatic rings. The van der Waals surface area contributed by atoms with Gasteiger partial charge in [-0.3, -0.25) is 0 Å². The summed E-state index contributed by atoms with van der Waals surface area (Å²) < 4.78 is 0. The second-order valence-electron chi connectivity index (χ2n) is 3.91. The Labute approximate surface area is 111 Å². The zero-order valence-corrected chi connectivity index (χ0v) is 11.6. The van der Waals surface area contributed by atoms with Crippen molar-refractivity contribution < 1.29 is 0 Å². The smallest absolute Gasteiger partial charge is 0.132 e. The molecule has 6 heteroatoms. The van der Waals surface area contributed by atoms with Crippen molar-refractivity contribution in [3.63, 3.8) is 0 Å². The zero-order chi connectivity index (χ0) is 13.0. The first kappa shape index (κ1) is 12.8. The van der Waals surface area contributed by atoms with Gasteiger partial charge in [0.05, 0.1) is 6.04 Å². The van der Waals surface area contributed by atoms with E-state index in [1.165, 1.54) is 0 Å². The first-order chi connectivity index (χ1) is 8.72. The highest BCUT2D eigenvalue weighted by molar-refractivity contribution is 7.09. The van der Waals surface area contributed by atoms with Crippen molar-refractivity contribution in [1.82, 2.24) is 15.0 Å². The van der Waals surface area contributed by atoms with Crippen LogP contribution in [0.15, 0.2) is 17.6 Å². The van der Waals surface area contributed by atoms with Crippen LogP contribution >= 0.6 is 11.3 Å². The van der Waals surface area contributed by atoms with Crippen molar-refractivity contribution in [2.45, 2.75) is 26.3 Å². The lowest BCUT2D eigenvalue weighted by Crippen LogP contribution is -2.11. The molecule has 2 heterocycles. The summed E-state index contributed by atoms with van der Waals surface area (Å²) in [6, 6.07) is 2.10. The molecule has 0 aromatic carbocycles. The molecule has 2 rings (SSSR count). The molecule has 0 bridgehead atoms. The highest BCUT2D eigenvalue weighted by Crippen LogP contribution is 2.24. The molecule has 0 amide bonds. The molecular weight excluding hydrogens is 246 g/mol. The third-order valence-electron chi connectivity index (χ3n) is 2.57. The average molecular weight is 263 g/mol. The Hall–Kier alpha value is -1.69. The van der Waals surface area contributed by atoms with E-state index in [1.54, 1.807) is 11.3 Å². The van der Waals surface area contributed by atoms with Gasteiger partial charge in [-0.05, 0) is 13.3 Å². The van der Waals surface area contributed by atoms with Gasteiger partial charge in [-0.1, -0.05) is 6.92 Å². The fraction of sp³-hybridized carbons (Fsp3) is 0.417. The Morgan fingerprint density at radius 2 is 2.11 bits per heavy atom. The SMILES string of the molecule is CCC(Nc1cc(NC)nc(C)n1)c1nccs1. The topological polar surface area (TPSA) is 62.7 Å². The van der Waals surface area contributed by atoms with Crippen LogP contribution in [0, 0.1) is 6.92 Å². The predicted molar refractivity (Wildman–Crippen MR) is 75.1 cm³/mol. The lowest BCUT2D eigenvalue weighted by Gasteiger charge is -2.15. The Morgan fingerprint density at radius 1 is 1.33 bits per heavy atom. The van der Waals surface area contributed by atoms with Gasteiger partial charge in [-0.15, -0.1) is 11.3 Å². The van der Waals surface area contributed by atoms with Crippen molar-refractivity contribution in [3.8, 4) is 0 Å². The standard InChI is InChI=1S/C12H17N5S/c1-4-9(12-14-5-6-18-12)17-11-7-10(13-3)15-8(2)16-11/h5-7,9H,4H2,1-3H3,(H2,13,15,16,17). The Kier molecular flexibility index (Phi) is 4.09. The van der Waals surface area contributed by atoms with Crippen LogP contribution in [0.3, 0.4) is 0 Å². The van der Waals surface area contributed by atoms with E-state index in [2.05, 4.69) is 32.5 Å². The van der Waals surface area contributed by atoms with Crippen molar-refractivity contribution >= 4 is 23.0 Å². The molecular formula is C12H17N5S. The third-order valence-corrected chi connectivity index (χ3v) is 3.46. The van der Waals surface area contributed by atoms with Gasteiger partial charge in [0, 0.05) is 24.7 Å². The number of hydrogen-bond acceptors (Lipinski definition) is 6. The molecule has 2 N–H and O–H groups in total. The van der Waals surface area contributed by atoms with Crippen LogP contribution in [0.5, 0.6) is 0 Å². The van der Waals surface area contributed by atoms with Gasteiger partial charge in [0.15, 0.2) is 0 Å². The molecule has 0 radical (unpaired) electrons. The second-order valence-corrected chi connectivity index (χ2v) is 4.84. The largest absolute Gasteiger partial charge is 0.373 e. The van der Waals surface area contributed by atoms with Gasteiger partial charge in [0.25, 0.3) is 0 Å². The monoisotopic (exact) mass is 263 g/mol. The van der Waals surface area contributed by atoms with Crippen LogP contribution < -0.4 is 10.6 Å². The summed E-state index contributed by atoms with van der Waals surface area (Å²) in [5.41, 5.74) is 0. The van der Waals surface area contributed by atoms with Gasteiger partial charge in [-0.2, -0.15) is 0 Å². The van der Waals surface area contributed by atoms with E-state index in [1.807, 2.05) is 31.6 Å². The van der Waals surface area contributed by atoms with Crippen LogP contribution in [-0.4, -0.2) is 22.0 Å². The molecule has 0 saturated carbocycles. The number of nitrogens with zero attached hydrogens (tertiary/aromatic N) is 3. The number of nitrogens with one attached hydrogen (secondary N) is 2. The molecule has 1 unspecified atom stereocenters. The molecule has 0 aliphatic rings. The molecule has 18 heavy (non-hydrogen) atoms. The fourth-order valence-corrected chi connectivity index (χ4v) is 2.47.